The van der Waals surface area contributed by atoms with Crippen molar-refractivity contribution in [1.82, 2.24) is 9.21 Å². The molecule has 0 spiro atoms. The van der Waals surface area contributed by atoms with Crippen LogP contribution in [0.3, 0.4) is 0 Å². The first-order valence-electron chi connectivity index (χ1n) is 10.4. The van der Waals surface area contributed by atoms with Crippen LogP contribution in [0.5, 0.6) is 0 Å². The standard InChI is InChI=1S/C21H33N3O3S/c1-16-5-6-20(19(4)12-16)28(26,27)24-9-7-23(8-10-24)21(25)15-22-13-17(2)11-18(3)14-22/h5-6,12,17-18H,7-11,13-15H2,1-4H3/p+1/t17-,18+. The Labute approximate surface area is 169 Å². The van der Waals surface area contributed by atoms with Gasteiger partial charge in [-0.25, -0.2) is 8.42 Å². The van der Waals surface area contributed by atoms with E-state index in [1.165, 1.54) is 15.6 Å². The van der Waals surface area contributed by atoms with Crippen molar-refractivity contribution in [2.45, 2.75) is 39.0 Å². The van der Waals surface area contributed by atoms with Gasteiger partial charge in [0.05, 0.1) is 18.0 Å². The van der Waals surface area contributed by atoms with Gasteiger partial charge in [-0.3, -0.25) is 4.79 Å². The normalized spacial score (nSPS) is 27.0. The number of piperidine rings is 1. The summed E-state index contributed by atoms with van der Waals surface area (Å²) >= 11 is 0. The van der Waals surface area contributed by atoms with E-state index in [-0.39, 0.29) is 5.91 Å². The molecule has 0 radical (unpaired) electrons. The molecule has 1 N–H and O–H groups in total. The SMILES string of the molecule is Cc1ccc(S(=O)(=O)N2CCN(C(=O)C[NH+]3C[C@H](C)C[C@H](C)C3)CC2)c(C)c1. The molecule has 0 aliphatic carbocycles. The highest BCUT2D eigenvalue weighted by Gasteiger charge is 2.33. The van der Waals surface area contributed by atoms with Gasteiger partial charge in [-0.2, -0.15) is 4.31 Å². The molecule has 3 rings (SSSR count). The maximum Gasteiger partial charge on any atom is 0.277 e. The average Bonchev–Trinajstić information content (AvgIpc) is 2.60. The Morgan fingerprint density at radius 1 is 1.07 bits per heavy atom. The van der Waals surface area contributed by atoms with E-state index in [1.54, 1.807) is 6.07 Å². The van der Waals surface area contributed by atoms with Crippen LogP contribution in [0, 0.1) is 25.7 Å². The number of sulfonamides is 1. The van der Waals surface area contributed by atoms with Crippen molar-refractivity contribution in [3.8, 4) is 0 Å². The second kappa shape index (κ2) is 8.51. The second-order valence-electron chi connectivity index (χ2n) is 8.83. The highest BCUT2D eigenvalue weighted by molar-refractivity contribution is 7.89. The number of carbonyl (C=O) groups excluding carboxylic acids is 1. The Kier molecular flexibility index (Phi) is 6.47. The van der Waals surface area contributed by atoms with Gasteiger partial charge in [0.25, 0.3) is 5.91 Å². The number of piperazine rings is 1. The molecule has 0 saturated carbocycles. The van der Waals surface area contributed by atoms with E-state index < -0.39 is 10.0 Å². The van der Waals surface area contributed by atoms with E-state index in [1.807, 2.05) is 30.9 Å². The number of aryl methyl sites for hydroxylation is 2. The lowest BCUT2D eigenvalue weighted by Crippen LogP contribution is -3.15. The zero-order valence-electron chi connectivity index (χ0n) is 17.6. The van der Waals surface area contributed by atoms with Crippen LogP contribution >= 0.6 is 0 Å². The number of nitrogens with zero attached hydrogens (tertiary/aromatic N) is 2. The van der Waals surface area contributed by atoms with Gasteiger partial charge in [-0.05, 0) is 31.9 Å². The Morgan fingerprint density at radius 2 is 1.68 bits per heavy atom. The van der Waals surface area contributed by atoms with Gasteiger partial charge < -0.3 is 9.80 Å². The number of carbonyl (C=O) groups is 1. The van der Waals surface area contributed by atoms with Crippen LogP contribution in [-0.2, 0) is 14.8 Å². The summed E-state index contributed by atoms with van der Waals surface area (Å²) in [6, 6.07) is 5.43. The summed E-state index contributed by atoms with van der Waals surface area (Å²) in [5.41, 5.74) is 1.83. The number of hydrogen-bond acceptors (Lipinski definition) is 3. The van der Waals surface area contributed by atoms with Gasteiger partial charge in [0, 0.05) is 38.0 Å². The van der Waals surface area contributed by atoms with E-state index in [4.69, 9.17) is 0 Å². The maximum atomic E-state index is 13.0. The fourth-order valence-corrected chi connectivity index (χ4v) is 6.43. The molecule has 2 fully saturated rings. The molecule has 2 saturated heterocycles. The average molecular weight is 409 g/mol. The van der Waals surface area contributed by atoms with Gasteiger partial charge in [0.1, 0.15) is 0 Å². The van der Waals surface area contributed by atoms with Crippen LogP contribution in [0.25, 0.3) is 0 Å². The van der Waals surface area contributed by atoms with Crippen LogP contribution in [0.15, 0.2) is 23.1 Å². The first-order chi connectivity index (χ1) is 13.2. The number of benzene rings is 1. The Balaban J connectivity index is 1.58. The molecule has 0 aromatic heterocycles. The van der Waals surface area contributed by atoms with Crippen molar-refractivity contribution >= 4 is 15.9 Å². The highest BCUT2D eigenvalue weighted by atomic mass is 32.2. The quantitative estimate of drug-likeness (QED) is 0.798. The van der Waals surface area contributed by atoms with Gasteiger partial charge in [0.2, 0.25) is 10.0 Å². The summed E-state index contributed by atoms with van der Waals surface area (Å²) in [4.78, 5) is 16.3. The predicted octanol–water partition coefficient (Wildman–Crippen LogP) is 0.697. The number of amides is 1. The van der Waals surface area contributed by atoms with Crippen LogP contribution < -0.4 is 4.90 Å². The van der Waals surface area contributed by atoms with E-state index in [2.05, 4.69) is 13.8 Å². The van der Waals surface area contributed by atoms with Crippen LogP contribution in [0.4, 0.5) is 0 Å². The van der Waals surface area contributed by atoms with Crippen molar-refractivity contribution in [2.24, 2.45) is 11.8 Å². The lowest BCUT2D eigenvalue weighted by molar-refractivity contribution is -0.904. The monoisotopic (exact) mass is 408 g/mol. The Bertz CT molecular complexity index is 806. The van der Waals surface area contributed by atoms with Gasteiger partial charge in [0.15, 0.2) is 6.54 Å². The molecule has 7 heteroatoms. The van der Waals surface area contributed by atoms with Crippen molar-refractivity contribution in [2.75, 3.05) is 45.8 Å². The van der Waals surface area contributed by atoms with Gasteiger partial charge in [-0.15, -0.1) is 0 Å². The Morgan fingerprint density at radius 3 is 2.25 bits per heavy atom. The van der Waals surface area contributed by atoms with Crippen LogP contribution in [0.1, 0.15) is 31.4 Å². The lowest BCUT2D eigenvalue weighted by Gasteiger charge is -2.36. The predicted molar refractivity (Wildman–Crippen MR) is 110 cm³/mol. The summed E-state index contributed by atoms with van der Waals surface area (Å²) in [7, 11) is -3.51. The molecule has 156 valence electrons. The van der Waals surface area contributed by atoms with E-state index in [9.17, 15) is 13.2 Å². The lowest BCUT2D eigenvalue weighted by atomic mass is 9.92. The number of nitrogens with one attached hydrogen (secondary N) is 1. The first-order valence-corrected chi connectivity index (χ1v) is 11.8. The molecular formula is C21H34N3O3S+. The summed E-state index contributed by atoms with van der Waals surface area (Å²) in [6.45, 7) is 12.6. The molecule has 1 aromatic rings. The molecule has 1 unspecified atom stereocenters. The molecule has 6 nitrogen and oxygen atoms in total. The maximum absolute atomic E-state index is 13.0. The Hall–Kier alpha value is -1.44. The zero-order chi connectivity index (χ0) is 20.5. The van der Waals surface area contributed by atoms with E-state index in [0.717, 1.165) is 24.2 Å². The molecule has 3 atom stereocenters. The summed E-state index contributed by atoms with van der Waals surface area (Å²) in [5.74, 6) is 1.47. The molecule has 1 aromatic carbocycles. The fraction of sp³-hybridized carbons (Fsp3) is 0.667. The van der Waals surface area contributed by atoms with Gasteiger partial charge in [-0.1, -0.05) is 31.5 Å². The summed E-state index contributed by atoms with van der Waals surface area (Å²) < 4.78 is 27.5. The molecule has 28 heavy (non-hydrogen) atoms. The van der Waals surface area contributed by atoms with Crippen molar-refractivity contribution in [3.63, 3.8) is 0 Å². The van der Waals surface area contributed by atoms with E-state index >= 15 is 0 Å². The van der Waals surface area contributed by atoms with Crippen molar-refractivity contribution in [1.29, 1.82) is 0 Å². The molecular weight excluding hydrogens is 374 g/mol. The van der Waals surface area contributed by atoms with Crippen molar-refractivity contribution < 1.29 is 18.1 Å². The molecule has 1 amide bonds. The largest absolute Gasteiger partial charge is 0.335 e. The third-order valence-electron chi connectivity index (χ3n) is 6.02. The third-order valence-corrected chi connectivity index (χ3v) is 8.08. The smallest absolute Gasteiger partial charge is 0.277 e. The van der Waals surface area contributed by atoms with Crippen molar-refractivity contribution in [3.05, 3.63) is 29.3 Å². The molecule has 0 bridgehead atoms. The summed E-state index contributed by atoms with van der Waals surface area (Å²) in [5, 5.41) is 0. The second-order valence-corrected chi connectivity index (χ2v) is 10.7. The van der Waals surface area contributed by atoms with Gasteiger partial charge >= 0.3 is 0 Å². The minimum Gasteiger partial charge on any atom is -0.335 e. The first kappa shape index (κ1) is 21.3. The number of likely N-dealkylation sites (tertiary alicyclic amines) is 1. The topological polar surface area (TPSA) is 62.1 Å². The zero-order valence-corrected chi connectivity index (χ0v) is 18.4. The number of quaternary nitrogens is 1. The molecule has 2 aliphatic rings. The van der Waals surface area contributed by atoms with Crippen LogP contribution in [-0.4, -0.2) is 69.3 Å². The minimum atomic E-state index is -3.51. The number of rotatable bonds is 4. The summed E-state index contributed by atoms with van der Waals surface area (Å²) in [6.07, 6.45) is 1.24. The minimum absolute atomic E-state index is 0.153. The highest BCUT2D eigenvalue weighted by Crippen LogP contribution is 2.22. The number of hydrogen-bond donors (Lipinski definition) is 1. The van der Waals surface area contributed by atoms with E-state index in [0.29, 0.717) is 49.5 Å². The molecule has 2 aliphatic heterocycles. The van der Waals surface area contributed by atoms with Crippen LogP contribution in [0.2, 0.25) is 0 Å². The fourth-order valence-electron chi connectivity index (χ4n) is 4.80. The molecule has 2 heterocycles. The third kappa shape index (κ3) is 4.75.